The molecule has 1 amide bonds. The summed E-state index contributed by atoms with van der Waals surface area (Å²) in [6.45, 7) is 7.91. The van der Waals surface area contributed by atoms with Gasteiger partial charge in [0.15, 0.2) is 0 Å². The van der Waals surface area contributed by atoms with Crippen LogP contribution in [0.5, 0.6) is 0 Å². The van der Waals surface area contributed by atoms with Crippen LogP contribution in [0.3, 0.4) is 0 Å². The van der Waals surface area contributed by atoms with Crippen LogP contribution in [-0.4, -0.2) is 40.5 Å². The fourth-order valence-electron chi connectivity index (χ4n) is 0.778. The van der Waals surface area contributed by atoms with Crippen molar-refractivity contribution in [1.29, 1.82) is 0 Å². The fraction of sp³-hybridized carbons (Fsp3) is 0.857. The quantitative estimate of drug-likeness (QED) is 0.565. The molecule has 1 N–H and O–H groups in total. The van der Waals surface area contributed by atoms with Crippen molar-refractivity contribution in [3.8, 4) is 0 Å². The fourth-order valence-corrected chi connectivity index (χ4v) is 2.16. The van der Waals surface area contributed by atoms with Crippen LogP contribution in [0.25, 0.3) is 0 Å². The van der Waals surface area contributed by atoms with Crippen molar-refractivity contribution < 1.29 is 14.4 Å². The number of nitrogens with zero attached hydrogens (tertiary/aromatic N) is 1. The minimum atomic E-state index is -1.79. The van der Waals surface area contributed by atoms with Gasteiger partial charge in [0.2, 0.25) is 8.32 Å². The van der Waals surface area contributed by atoms with Gasteiger partial charge in [-0.05, 0) is 26.1 Å². The van der Waals surface area contributed by atoms with E-state index in [0.717, 1.165) is 21.7 Å². The topological polar surface area (TPSA) is 49.8 Å². The molecule has 0 fully saturated rings. The van der Waals surface area contributed by atoms with E-state index in [4.69, 9.17) is 9.63 Å². The molecule has 0 aromatic heterocycles. The Hall–Kier alpha value is -0.336. The maximum absolute atomic E-state index is 10.8. The third-order valence-corrected chi connectivity index (χ3v) is 3.58. The molecule has 1 unspecified atom stereocenters. The summed E-state index contributed by atoms with van der Waals surface area (Å²) in [4.78, 5) is 10.8. The molecule has 0 aromatic carbocycles. The van der Waals surface area contributed by atoms with Gasteiger partial charge in [-0.2, -0.15) is 5.06 Å². The normalized spacial score (nSPS) is 14.2. The second kappa shape index (κ2) is 4.78. The van der Waals surface area contributed by atoms with Crippen molar-refractivity contribution in [2.45, 2.75) is 38.7 Å². The van der Waals surface area contributed by atoms with Gasteiger partial charge in [-0.3, -0.25) is 0 Å². The molecule has 0 saturated heterocycles. The number of rotatable bonds is 4. The second-order valence-corrected chi connectivity index (χ2v) is 9.81. The molecule has 78 valence electrons. The first-order chi connectivity index (χ1) is 5.78. The van der Waals surface area contributed by atoms with Gasteiger partial charge in [0.05, 0.1) is 0 Å². The van der Waals surface area contributed by atoms with Crippen LogP contribution >= 0.6 is 0 Å². The lowest BCUT2D eigenvalue weighted by Crippen LogP contribution is -2.46. The summed E-state index contributed by atoms with van der Waals surface area (Å²) in [5, 5.41) is 10.0. The van der Waals surface area contributed by atoms with Gasteiger partial charge in [-0.1, -0.05) is 6.92 Å². The number of hydroxylamine groups is 2. The summed E-state index contributed by atoms with van der Waals surface area (Å²) < 4.78 is 5.46. The SMILES string of the molecule is CCC([SiH3])N(O[Si](C)(C)C)C(=O)O. The van der Waals surface area contributed by atoms with E-state index in [2.05, 4.69) is 0 Å². The van der Waals surface area contributed by atoms with Crippen molar-refractivity contribution in [2.75, 3.05) is 0 Å². The van der Waals surface area contributed by atoms with Crippen LogP contribution in [0.2, 0.25) is 19.6 Å². The van der Waals surface area contributed by atoms with Crippen LogP contribution in [0.15, 0.2) is 0 Å². The summed E-state index contributed by atoms with van der Waals surface area (Å²) in [6.07, 6.45) is -0.146. The Morgan fingerprint density at radius 3 is 2.31 bits per heavy atom. The third kappa shape index (κ3) is 5.07. The zero-order chi connectivity index (χ0) is 10.6. The minimum Gasteiger partial charge on any atom is -0.463 e. The van der Waals surface area contributed by atoms with E-state index >= 15 is 0 Å². The molecule has 1 atom stereocenters. The second-order valence-electron chi connectivity index (χ2n) is 4.07. The standard InChI is InChI=1S/C7H19NO3Si2/c1-5-6(12)8(7(9)10)11-13(2,3)4/h6H,5H2,1-4,12H3,(H,9,10). The highest BCUT2D eigenvalue weighted by Crippen LogP contribution is 2.10. The Balaban J connectivity index is 4.36. The van der Waals surface area contributed by atoms with Gasteiger partial charge in [-0.15, -0.1) is 0 Å². The van der Waals surface area contributed by atoms with Crippen LogP contribution in [0.4, 0.5) is 4.79 Å². The van der Waals surface area contributed by atoms with Gasteiger partial charge < -0.3 is 9.63 Å². The summed E-state index contributed by atoms with van der Waals surface area (Å²) in [5.74, 6) is 0. The highest BCUT2D eigenvalue weighted by molar-refractivity contribution is 6.69. The highest BCUT2D eigenvalue weighted by Gasteiger charge is 2.26. The van der Waals surface area contributed by atoms with Crippen molar-refractivity contribution in [3.63, 3.8) is 0 Å². The first-order valence-corrected chi connectivity index (χ1v) is 9.05. The summed E-state index contributed by atoms with van der Waals surface area (Å²) in [5.41, 5.74) is 0.0595. The average Bonchev–Trinajstić information content (AvgIpc) is 1.96. The van der Waals surface area contributed by atoms with E-state index in [-0.39, 0.29) is 5.67 Å². The van der Waals surface area contributed by atoms with Crippen LogP contribution in [0.1, 0.15) is 13.3 Å². The molecular weight excluding hydrogens is 202 g/mol. The Bertz CT molecular complexity index is 181. The molecule has 0 bridgehead atoms. The van der Waals surface area contributed by atoms with Gasteiger partial charge in [-0.25, -0.2) is 4.79 Å². The Morgan fingerprint density at radius 1 is 1.62 bits per heavy atom. The zero-order valence-electron chi connectivity index (χ0n) is 9.00. The van der Waals surface area contributed by atoms with Gasteiger partial charge >= 0.3 is 6.09 Å². The van der Waals surface area contributed by atoms with Crippen LogP contribution in [0, 0.1) is 0 Å². The number of carboxylic acid groups (broad SMARTS) is 1. The molecule has 0 saturated carbocycles. The molecular formula is C7H19NO3Si2. The van der Waals surface area contributed by atoms with Gasteiger partial charge in [0, 0.05) is 15.9 Å². The van der Waals surface area contributed by atoms with E-state index < -0.39 is 14.4 Å². The number of amides is 1. The highest BCUT2D eigenvalue weighted by atomic mass is 28.4. The van der Waals surface area contributed by atoms with E-state index in [1.807, 2.05) is 26.6 Å². The summed E-state index contributed by atoms with van der Waals surface area (Å²) in [6, 6.07) is 0. The van der Waals surface area contributed by atoms with Crippen LogP contribution < -0.4 is 0 Å². The Labute approximate surface area is 83.4 Å². The Morgan fingerprint density at radius 2 is 2.08 bits per heavy atom. The molecule has 0 aliphatic heterocycles. The predicted molar refractivity (Wildman–Crippen MR) is 58.3 cm³/mol. The molecule has 0 heterocycles. The lowest BCUT2D eigenvalue weighted by Gasteiger charge is -2.30. The molecule has 0 aliphatic carbocycles. The van der Waals surface area contributed by atoms with Crippen molar-refractivity contribution in [1.82, 2.24) is 5.06 Å². The first-order valence-electron chi connectivity index (χ1n) is 4.49. The first kappa shape index (κ1) is 12.7. The molecule has 0 rings (SSSR count). The summed E-state index contributed by atoms with van der Waals surface area (Å²) >= 11 is 0. The van der Waals surface area contributed by atoms with Gasteiger partial charge in [0.25, 0.3) is 0 Å². The molecule has 6 heteroatoms. The number of hydrogen-bond donors (Lipinski definition) is 1. The predicted octanol–water partition coefficient (Wildman–Crippen LogP) is 0.834. The van der Waals surface area contributed by atoms with Gasteiger partial charge in [0.1, 0.15) is 0 Å². The van der Waals surface area contributed by atoms with Crippen molar-refractivity contribution >= 4 is 24.7 Å². The minimum absolute atomic E-state index is 0.0595. The number of hydrogen-bond acceptors (Lipinski definition) is 2. The summed E-state index contributed by atoms with van der Waals surface area (Å²) in [7, 11) is -0.988. The monoisotopic (exact) mass is 221 g/mol. The van der Waals surface area contributed by atoms with E-state index in [1.165, 1.54) is 0 Å². The third-order valence-electron chi connectivity index (χ3n) is 1.55. The maximum atomic E-state index is 10.8. The average molecular weight is 221 g/mol. The van der Waals surface area contributed by atoms with Crippen molar-refractivity contribution in [3.05, 3.63) is 0 Å². The van der Waals surface area contributed by atoms with E-state index in [1.54, 1.807) is 0 Å². The largest absolute Gasteiger partial charge is 0.463 e. The van der Waals surface area contributed by atoms with E-state index in [0.29, 0.717) is 0 Å². The van der Waals surface area contributed by atoms with E-state index in [9.17, 15) is 4.79 Å². The zero-order valence-corrected chi connectivity index (χ0v) is 12.0. The van der Waals surface area contributed by atoms with Crippen LogP contribution in [-0.2, 0) is 4.53 Å². The Kier molecular flexibility index (Phi) is 4.65. The maximum Gasteiger partial charge on any atom is 0.430 e. The molecule has 0 spiro atoms. The smallest absolute Gasteiger partial charge is 0.430 e. The lowest BCUT2D eigenvalue weighted by molar-refractivity contribution is -0.0560. The molecule has 13 heavy (non-hydrogen) atoms. The molecule has 4 nitrogen and oxygen atoms in total. The number of carbonyl (C=O) groups is 1. The molecule has 0 aromatic rings. The molecule has 0 radical (unpaired) electrons. The molecule has 0 aliphatic rings. The lowest BCUT2D eigenvalue weighted by atomic mass is 10.5. The van der Waals surface area contributed by atoms with Crippen molar-refractivity contribution in [2.24, 2.45) is 0 Å².